The summed E-state index contributed by atoms with van der Waals surface area (Å²) in [5.41, 5.74) is -0.152. The van der Waals surface area contributed by atoms with Crippen molar-refractivity contribution in [1.29, 1.82) is 0 Å². The molecule has 0 saturated carbocycles. The van der Waals surface area contributed by atoms with E-state index < -0.39 is 48.5 Å². The molecule has 0 amide bonds. The number of halogens is 2. The van der Waals surface area contributed by atoms with Gasteiger partial charge in [0.25, 0.3) is 0 Å². The van der Waals surface area contributed by atoms with Crippen molar-refractivity contribution < 1.29 is 30.4 Å². The Kier molecular flexibility index (Phi) is 6.98. The van der Waals surface area contributed by atoms with Crippen LogP contribution in [-0.2, 0) is 19.9 Å². The first-order valence-electron chi connectivity index (χ1n) is 11.0. The van der Waals surface area contributed by atoms with E-state index in [4.69, 9.17) is 0 Å². The highest BCUT2D eigenvalue weighted by molar-refractivity contribution is 7.94. The molecular formula is C25H21F2N3O5S2. The van der Waals surface area contributed by atoms with Crippen LogP contribution in [0.25, 0.3) is 22.2 Å². The zero-order valence-corrected chi connectivity index (χ0v) is 21.1. The van der Waals surface area contributed by atoms with Crippen LogP contribution in [0.4, 0.5) is 14.5 Å². The number of hydrogen-bond acceptors (Lipinski definition) is 6. The molecule has 2 aromatic heterocycles. The van der Waals surface area contributed by atoms with Gasteiger partial charge in [-0.3, -0.25) is 9.52 Å². The maximum Gasteiger partial charge on any atom is 0.232 e. The van der Waals surface area contributed by atoms with Gasteiger partial charge < -0.3 is 4.98 Å². The third-order valence-electron chi connectivity index (χ3n) is 5.57. The number of fused-ring (bicyclic) bond motifs is 1. The third-order valence-corrected chi connectivity index (χ3v) is 8.41. The Balaban J connectivity index is 1.75. The molecule has 8 nitrogen and oxygen atoms in total. The summed E-state index contributed by atoms with van der Waals surface area (Å²) in [7, 11) is -7.50. The van der Waals surface area contributed by atoms with E-state index in [0.717, 1.165) is 17.5 Å². The van der Waals surface area contributed by atoms with Gasteiger partial charge in [0.15, 0.2) is 15.7 Å². The number of nitrogens with one attached hydrogen (secondary N) is 2. The zero-order chi connectivity index (χ0) is 27.0. The summed E-state index contributed by atoms with van der Waals surface area (Å²) in [6, 6.07) is 9.21. The number of ketones is 1. The van der Waals surface area contributed by atoms with Crippen LogP contribution in [0.1, 0.15) is 29.3 Å². The Morgan fingerprint density at radius 2 is 1.78 bits per heavy atom. The van der Waals surface area contributed by atoms with Crippen molar-refractivity contribution in [2.24, 2.45) is 0 Å². The molecule has 12 heteroatoms. The lowest BCUT2D eigenvalue weighted by Crippen LogP contribution is -2.18. The predicted octanol–water partition coefficient (Wildman–Crippen LogP) is 4.81. The van der Waals surface area contributed by atoms with E-state index in [1.807, 2.05) is 0 Å². The monoisotopic (exact) mass is 545 g/mol. The van der Waals surface area contributed by atoms with Gasteiger partial charge in [-0.05, 0) is 42.3 Å². The molecule has 0 radical (unpaired) electrons. The molecule has 0 aliphatic carbocycles. The molecule has 192 valence electrons. The summed E-state index contributed by atoms with van der Waals surface area (Å²) in [6.07, 6.45) is 3.03. The number of sulfone groups is 1. The van der Waals surface area contributed by atoms with Gasteiger partial charge in [0.2, 0.25) is 15.8 Å². The van der Waals surface area contributed by atoms with Gasteiger partial charge in [0, 0.05) is 34.3 Å². The van der Waals surface area contributed by atoms with Crippen LogP contribution in [0, 0.1) is 11.6 Å². The molecule has 0 saturated heterocycles. The minimum atomic E-state index is -3.88. The van der Waals surface area contributed by atoms with Crippen molar-refractivity contribution in [3.63, 3.8) is 0 Å². The van der Waals surface area contributed by atoms with E-state index >= 15 is 4.39 Å². The number of nitrogens with zero attached hydrogens (tertiary/aromatic N) is 1. The van der Waals surface area contributed by atoms with E-state index in [1.165, 1.54) is 24.5 Å². The van der Waals surface area contributed by atoms with Crippen LogP contribution >= 0.6 is 0 Å². The van der Waals surface area contributed by atoms with E-state index in [-0.39, 0.29) is 33.7 Å². The van der Waals surface area contributed by atoms with Gasteiger partial charge >= 0.3 is 0 Å². The number of aromatic amines is 1. The fraction of sp³-hybridized carbons (Fsp3) is 0.120. The minimum Gasteiger partial charge on any atom is -0.345 e. The number of H-pyrrole nitrogens is 1. The number of benzene rings is 2. The highest BCUT2D eigenvalue weighted by Gasteiger charge is 2.26. The molecule has 0 unspecified atom stereocenters. The number of carbonyl (C=O) groups excluding carboxylic acids is 1. The number of carbonyl (C=O) groups is 1. The Hall–Kier alpha value is -3.90. The lowest BCUT2D eigenvalue weighted by molar-refractivity contribution is 0.103. The average molecular weight is 546 g/mol. The number of sulfonamides is 1. The summed E-state index contributed by atoms with van der Waals surface area (Å²) in [5.74, 6) is -3.77. The lowest BCUT2D eigenvalue weighted by atomic mass is 10.00. The van der Waals surface area contributed by atoms with E-state index in [1.54, 1.807) is 25.1 Å². The summed E-state index contributed by atoms with van der Waals surface area (Å²) >= 11 is 0. The fourth-order valence-corrected chi connectivity index (χ4v) is 5.58. The summed E-state index contributed by atoms with van der Waals surface area (Å²) in [4.78, 5) is 20.4. The molecule has 37 heavy (non-hydrogen) atoms. The Bertz CT molecular complexity index is 1750. The largest absolute Gasteiger partial charge is 0.345 e. The van der Waals surface area contributed by atoms with Crippen molar-refractivity contribution in [3.05, 3.63) is 89.6 Å². The summed E-state index contributed by atoms with van der Waals surface area (Å²) in [6.45, 7) is 4.92. The molecule has 0 atom stereocenters. The molecule has 2 aromatic carbocycles. The van der Waals surface area contributed by atoms with Crippen molar-refractivity contribution in [2.45, 2.75) is 18.2 Å². The topological polar surface area (TPSA) is 126 Å². The maximum atomic E-state index is 15.2. The summed E-state index contributed by atoms with van der Waals surface area (Å²) < 4.78 is 80.0. The van der Waals surface area contributed by atoms with Gasteiger partial charge in [-0.1, -0.05) is 25.6 Å². The second-order valence-corrected chi connectivity index (χ2v) is 11.8. The Morgan fingerprint density at radius 3 is 2.43 bits per heavy atom. The first kappa shape index (κ1) is 26.2. The Morgan fingerprint density at radius 1 is 1.08 bits per heavy atom. The minimum absolute atomic E-state index is 0.0539. The standard InChI is InChI=1S/C25H21F2N3O5S2/c1-3-11-37(34,35)30-21-10-9-20(26)22(23(21)27)24(31)19-14-29-25-18(19)12-16(13-28-25)15-5-7-17(8-6-15)36(32,33)4-2/h4-10,12-14,30H,2-3,11H2,1H3,(H,28,29). The molecule has 0 bridgehead atoms. The SMILES string of the molecule is C=CS(=O)(=O)c1ccc(-c2cnc3[nH]cc(C(=O)c4c(F)ccc(NS(=O)(=O)CCC)c4F)c3c2)cc1. The van der Waals surface area contributed by atoms with Crippen LogP contribution in [0.5, 0.6) is 0 Å². The van der Waals surface area contributed by atoms with Crippen molar-refractivity contribution in [3.8, 4) is 11.1 Å². The second-order valence-electron chi connectivity index (χ2n) is 8.09. The molecule has 0 spiro atoms. The van der Waals surface area contributed by atoms with E-state index in [9.17, 15) is 26.0 Å². The van der Waals surface area contributed by atoms with Crippen LogP contribution in [0.15, 0.2) is 71.7 Å². The number of pyridine rings is 1. The van der Waals surface area contributed by atoms with Gasteiger partial charge in [-0.25, -0.2) is 30.6 Å². The third kappa shape index (κ3) is 5.16. The highest BCUT2D eigenvalue weighted by Crippen LogP contribution is 2.30. The van der Waals surface area contributed by atoms with Gasteiger partial charge in [-0.2, -0.15) is 0 Å². The van der Waals surface area contributed by atoms with Gasteiger partial charge in [0.1, 0.15) is 11.5 Å². The van der Waals surface area contributed by atoms with Crippen molar-refractivity contribution >= 4 is 42.4 Å². The molecule has 0 aliphatic rings. The molecular weight excluding hydrogens is 524 g/mol. The summed E-state index contributed by atoms with van der Waals surface area (Å²) in [5, 5.41) is 1.11. The molecule has 0 aliphatic heterocycles. The number of rotatable bonds is 9. The molecule has 4 rings (SSSR count). The van der Waals surface area contributed by atoms with Crippen LogP contribution < -0.4 is 4.72 Å². The fourth-order valence-electron chi connectivity index (χ4n) is 3.74. The smallest absolute Gasteiger partial charge is 0.232 e. The highest BCUT2D eigenvalue weighted by atomic mass is 32.2. The van der Waals surface area contributed by atoms with Crippen LogP contribution in [0.3, 0.4) is 0 Å². The van der Waals surface area contributed by atoms with Gasteiger partial charge in [0.05, 0.1) is 21.9 Å². The number of aromatic nitrogens is 2. The lowest BCUT2D eigenvalue weighted by Gasteiger charge is -2.11. The van der Waals surface area contributed by atoms with Crippen molar-refractivity contribution in [2.75, 3.05) is 10.5 Å². The maximum absolute atomic E-state index is 15.2. The number of anilines is 1. The Labute approximate surface area is 212 Å². The molecule has 0 fully saturated rings. The zero-order valence-electron chi connectivity index (χ0n) is 19.5. The predicted molar refractivity (Wildman–Crippen MR) is 136 cm³/mol. The van der Waals surface area contributed by atoms with Gasteiger partial charge in [-0.15, -0.1) is 0 Å². The molecule has 4 aromatic rings. The average Bonchev–Trinajstić information content (AvgIpc) is 3.29. The quantitative estimate of drug-likeness (QED) is 0.291. The molecule has 2 N–H and O–H groups in total. The van der Waals surface area contributed by atoms with Crippen LogP contribution in [0.2, 0.25) is 0 Å². The second kappa shape index (κ2) is 9.87. The first-order valence-corrected chi connectivity index (χ1v) is 14.2. The van der Waals surface area contributed by atoms with E-state index in [0.29, 0.717) is 11.1 Å². The van der Waals surface area contributed by atoms with E-state index in [2.05, 4.69) is 21.3 Å². The first-order chi connectivity index (χ1) is 17.5. The molecule has 2 heterocycles. The van der Waals surface area contributed by atoms with Crippen molar-refractivity contribution in [1.82, 2.24) is 9.97 Å². The van der Waals surface area contributed by atoms with Crippen LogP contribution in [-0.4, -0.2) is 38.3 Å². The number of hydrogen-bond donors (Lipinski definition) is 2. The normalized spacial score (nSPS) is 12.0.